The number of rotatable bonds is 7. The van der Waals surface area contributed by atoms with E-state index in [9.17, 15) is 9.18 Å². The first-order chi connectivity index (χ1) is 12.1. The van der Waals surface area contributed by atoms with E-state index in [1.165, 1.54) is 25.3 Å². The fourth-order valence-corrected chi connectivity index (χ4v) is 2.04. The summed E-state index contributed by atoms with van der Waals surface area (Å²) in [6, 6.07) is 12.9. The van der Waals surface area contributed by atoms with Gasteiger partial charge in [0.05, 0.1) is 7.11 Å². The molecule has 0 radical (unpaired) electrons. The summed E-state index contributed by atoms with van der Waals surface area (Å²) in [4.78, 5) is 11.9. The number of carbonyl (C=O) groups excluding carboxylic acids is 1. The van der Waals surface area contributed by atoms with Crippen molar-refractivity contribution in [2.24, 2.45) is 0 Å². The molecule has 128 valence electrons. The van der Waals surface area contributed by atoms with E-state index in [0.717, 1.165) is 11.1 Å². The van der Waals surface area contributed by atoms with Crippen LogP contribution in [0.2, 0.25) is 0 Å². The van der Waals surface area contributed by atoms with Crippen molar-refractivity contribution >= 4 is 12.0 Å². The highest BCUT2D eigenvalue weighted by atomic mass is 19.1. The van der Waals surface area contributed by atoms with Gasteiger partial charge in [-0.15, -0.1) is 0 Å². The quantitative estimate of drug-likeness (QED) is 0.786. The molecule has 0 saturated carbocycles. The summed E-state index contributed by atoms with van der Waals surface area (Å²) < 4.78 is 23.3. The molecule has 0 unspecified atom stereocenters. The second kappa shape index (κ2) is 9.08. The molecule has 2 aromatic carbocycles. The Balaban J connectivity index is 1.94. The average molecular weight is 340 g/mol. The van der Waals surface area contributed by atoms with E-state index >= 15 is 0 Å². The average Bonchev–Trinajstić information content (AvgIpc) is 2.64. The Morgan fingerprint density at radius 2 is 2.00 bits per heavy atom. The zero-order valence-corrected chi connectivity index (χ0v) is 13.7. The van der Waals surface area contributed by atoms with Crippen molar-refractivity contribution in [3.63, 3.8) is 0 Å². The van der Waals surface area contributed by atoms with Gasteiger partial charge in [-0.25, -0.2) is 4.39 Å². The Morgan fingerprint density at radius 3 is 2.68 bits per heavy atom. The van der Waals surface area contributed by atoms with E-state index in [1.54, 1.807) is 36.4 Å². The Labute approximate surface area is 145 Å². The first kappa shape index (κ1) is 18.0. The number of nitriles is 1. The molecule has 25 heavy (non-hydrogen) atoms. The number of methoxy groups -OCH3 is 1. The van der Waals surface area contributed by atoms with Crippen molar-refractivity contribution in [3.8, 4) is 17.6 Å². The summed E-state index contributed by atoms with van der Waals surface area (Å²) in [5.74, 6) is 0.352. The number of hydrogen-bond acceptors (Lipinski definition) is 4. The molecule has 1 N–H and O–H groups in total. The summed E-state index contributed by atoms with van der Waals surface area (Å²) >= 11 is 0. The van der Waals surface area contributed by atoms with E-state index in [-0.39, 0.29) is 18.3 Å². The normalized spacial score (nSPS) is 10.3. The van der Waals surface area contributed by atoms with Gasteiger partial charge in [-0.1, -0.05) is 18.2 Å². The van der Waals surface area contributed by atoms with Crippen LogP contribution >= 0.6 is 0 Å². The SMILES string of the molecule is COc1cc(C=CC(=O)NCc2ccc(F)cc2)ccc1OCC#N. The van der Waals surface area contributed by atoms with E-state index in [4.69, 9.17) is 14.7 Å². The second-order valence-corrected chi connectivity index (χ2v) is 5.03. The lowest BCUT2D eigenvalue weighted by molar-refractivity contribution is -0.116. The van der Waals surface area contributed by atoms with Gasteiger partial charge in [0.1, 0.15) is 11.9 Å². The molecule has 0 aromatic heterocycles. The van der Waals surface area contributed by atoms with Crippen molar-refractivity contribution in [1.29, 1.82) is 5.26 Å². The van der Waals surface area contributed by atoms with Crippen LogP contribution in [-0.2, 0) is 11.3 Å². The Kier molecular flexibility index (Phi) is 6.55. The molecule has 0 heterocycles. The number of amides is 1. The summed E-state index contributed by atoms with van der Waals surface area (Å²) in [5.41, 5.74) is 1.56. The van der Waals surface area contributed by atoms with Gasteiger partial charge in [0.15, 0.2) is 18.1 Å². The maximum absolute atomic E-state index is 12.8. The summed E-state index contributed by atoms with van der Waals surface area (Å²) in [6.07, 6.45) is 3.03. The number of ether oxygens (including phenoxy) is 2. The summed E-state index contributed by atoms with van der Waals surface area (Å²) in [6.45, 7) is 0.241. The van der Waals surface area contributed by atoms with Crippen LogP contribution in [0.25, 0.3) is 6.08 Å². The lowest BCUT2D eigenvalue weighted by Gasteiger charge is -2.08. The van der Waals surface area contributed by atoms with Crippen LogP contribution in [-0.4, -0.2) is 19.6 Å². The fraction of sp³-hybridized carbons (Fsp3) is 0.158. The Hall–Kier alpha value is -3.33. The second-order valence-electron chi connectivity index (χ2n) is 5.03. The van der Waals surface area contributed by atoms with Crippen molar-refractivity contribution in [2.75, 3.05) is 13.7 Å². The van der Waals surface area contributed by atoms with Gasteiger partial charge in [-0.3, -0.25) is 4.79 Å². The molecule has 0 atom stereocenters. The zero-order valence-electron chi connectivity index (χ0n) is 13.7. The number of halogens is 1. The van der Waals surface area contributed by atoms with Crippen LogP contribution in [0.3, 0.4) is 0 Å². The minimum absolute atomic E-state index is 0.0721. The smallest absolute Gasteiger partial charge is 0.244 e. The van der Waals surface area contributed by atoms with E-state index in [2.05, 4.69) is 5.32 Å². The molecule has 0 aliphatic rings. The van der Waals surface area contributed by atoms with Crippen molar-refractivity contribution in [2.45, 2.75) is 6.54 Å². The third-order valence-electron chi connectivity index (χ3n) is 3.29. The highest BCUT2D eigenvalue weighted by molar-refractivity contribution is 5.91. The van der Waals surface area contributed by atoms with Gasteiger partial charge in [-0.05, 0) is 41.5 Å². The highest BCUT2D eigenvalue weighted by Gasteiger charge is 2.05. The van der Waals surface area contributed by atoms with Gasteiger partial charge in [0.25, 0.3) is 0 Å². The molecular formula is C19H17FN2O3. The van der Waals surface area contributed by atoms with Crippen LogP contribution in [0.1, 0.15) is 11.1 Å². The standard InChI is InChI=1S/C19H17FN2O3/c1-24-18-12-14(4-8-17(18)25-11-10-21)5-9-19(23)22-13-15-2-6-16(20)7-3-15/h2-9,12H,11,13H2,1H3,(H,22,23). The van der Waals surface area contributed by atoms with E-state index in [0.29, 0.717) is 18.0 Å². The van der Waals surface area contributed by atoms with Gasteiger partial charge < -0.3 is 14.8 Å². The predicted octanol–water partition coefficient (Wildman–Crippen LogP) is 3.07. The van der Waals surface area contributed by atoms with Crippen molar-refractivity contribution < 1.29 is 18.7 Å². The number of hydrogen-bond donors (Lipinski definition) is 1. The number of benzene rings is 2. The molecule has 0 saturated heterocycles. The van der Waals surface area contributed by atoms with Crippen LogP contribution in [0, 0.1) is 17.1 Å². The Morgan fingerprint density at radius 1 is 1.24 bits per heavy atom. The van der Waals surface area contributed by atoms with Crippen LogP contribution in [0.4, 0.5) is 4.39 Å². The molecule has 2 rings (SSSR count). The lowest BCUT2D eigenvalue weighted by Crippen LogP contribution is -2.20. The monoisotopic (exact) mass is 340 g/mol. The van der Waals surface area contributed by atoms with E-state index < -0.39 is 0 Å². The summed E-state index contributed by atoms with van der Waals surface area (Å²) in [7, 11) is 1.50. The van der Waals surface area contributed by atoms with Crippen LogP contribution < -0.4 is 14.8 Å². The molecule has 5 nitrogen and oxygen atoms in total. The third kappa shape index (κ3) is 5.66. The number of nitrogens with zero attached hydrogens (tertiary/aromatic N) is 1. The highest BCUT2D eigenvalue weighted by Crippen LogP contribution is 2.28. The first-order valence-electron chi connectivity index (χ1n) is 7.50. The predicted molar refractivity (Wildman–Crippen MR) is 91.4 cm³/mol. The maximum Gasteiger partial charge on any atom is 0.244 e. The molecule has 0 spiro atoms. The topological polar surface area (TPSA) is 71.3 Å². The molecular weight excluding hydrogens is 323 g/mol. The molecule has 0 aliphatic heterocycles. The lowest BCUT2D eigenvalue weighted by atomic mass is 10.2. The van der Waals surface area contributed by atoms with Gasteiger partial charge in [0, 0.05) is 12.6 Å². The zero-order chi connectivity index (χ0) is 18.1. The van der Waals surface area contributed by atoms with E-state index in [1.807, 2.05) is 6.07 Å². The molecule has 6 heteroatoms. The Bertz CT molecular complexity index is 795. The minimum Gasteiger partial charge on any atom is -0.493 e. The third-order valence-corrected chi connectivity index (χ3v) is 3.29. The minimum atomic E-state index is -0.314. The van der Waals surface area contributed by atoms with Gasteiger partial charge >= 0.3 is 0 Å². The number of carbonyl (C=O) groups is 1. The molecule has 0 bridgehead atoms. The maximum atomic E-state index is 12.8. The fourth-order valence-electron chi connectivity index (χ4n) is 2.04. The van der Waals surface area contributed by atoms with Gasteiger partial charge in [-0.2, -0.15) is 5.26 Å². The molecule has 2 aromatic rings. The van der Waals surface area contributed by atoms with Crippen LogP contribution in [0.5, 0.6) is 11.5 Å². The number of nitrogens with one attached hydrogen (secondary N) is 1. The summed E-state index contributed by atoms with van der Waals surface area (Å²) in [5, 5.41) is 11.3. The molecule has 1 amide bonds. The molecule has 0 fully saturated rings. The first-order valence-corrected chi connectivity index (χ1v) is 7.50. The van der Waals surface area contributed by atoms with Gasteiger partial charge in [0.2, 0.25) is 5.91 Å². The molecule has 0 aliphatic carbocycles. The van der Waals surface area contributed by atoms with Crippen LogP contribution in [0.15, 0.2) is 48.5 Å². The largest absolute Gasteiger partial charge is 0.493 e. The van der Waals surface area contributed by atoms with Crippen molar-refractivity contribution in [1.82, 2.24) is 5.32 Å². The van der Waals surface area contributed by atoms with Crippen molar-refractivity contribution in [3.05, 3.63) is 65.5 Å².